The smallest absolute Gasteiger partial charge is 0.251 e. The highest BCUT2D eigenvalue weighted by Crippen LogP contribution is 2.10. The lowest BCUT2D eigenvalue weighted by atomic mass is 10.1. The van der Waals surface area contributed by atoms with Crippen LogP contribution in [0, 0.1) is 0 Å². The molecular weight excluding hydrogens is 286 g/mol. The molecule has 0 aliphatic carbocycles. The Morgan fingerprint density at radius 2 is 1.90 bits per heavy atom. The van der Waals surface area contributed by atoms with Crippen molar-refractivity contribution in [1.82, 2.24) is 5.32 Å². The summed E-state index contributed by atoms with van der Waals surface area (Å²) in [7, 11) is 1.64. The summed E-state index contributed by atoms with van der Waals surface area (Å²) in [6.45, 7) is 1.10. The Hall–Kier alpha value is -1.84. The molecule has 0 radical (unpaired) electrons. The van der Waals surface area contributed by atoms with E-state index in [4.69, 9.17) is 16.3 Å². The summed E-state index contributed by atoms with van der Waals surface area (Å²) in [4.78, 5) is 12.1. The number of halogens is 1. The molecule has 0 spiro atoms. The predicted octanol–water partition coefficient (Wildman–Crippen LogP) is 3.46. The first-order valence-corrected chi connectivity index (χ1v) is 7.17. The zero-order chi connectivity index (χ0) is 15.1. The van der Waals surface area contributed by atoms with Crippen LogP contribution in [0.2, 0.25) is 5.02 Å². The van der Waals surface area contributed by atoms with Crippen molar-refractivity contribution < 1.29 is 9.53 Å². The fourth-order valence-electron chi connectivity index (χ4n) is 2.04. The lowest BCUT2D eigenvalue weighted by molar-refractivity contribution is 0.0954. The van der Waals surface area contributed by atoms with Crippen molar-refractivity contribution in [3.8, 4) is 0 Å². The number of nitrogens with one attached hydrogen (secondary N) is 1. The Balaban J connectivity index is 1.86. The van der Waals surface area contributed by atoms with Crippen LogP contribution in [0.3, 0.4) is 0 Å². The first-order chi connectivity index (χ1) is 10.2. The van der Waals surface area contributed by atoms with Gasteiger partial charge >= 0.3 is 0 Å². The fraction of sp³-hybridized carbons (Fsp3) is 0.235. The number of hydrogen-bond donors (Lipinski definition) is 1. The maximum absolute atomic E-state index is 12.1. The van der Waals surface area contributed by atoms with E-state index in [1.807, 2.05) is 42.5 Å². The van der Waals surface area contributed by atoms with E-state index < -0.39 is 0 Å². The predicted molar refractivity (Wildman–Crippen MR) is 84.6 cm³/mol. The van der Waals surface area contributed by atoms with Gasteiger partial charge < -0.3 is 10.1 Å². The Labute approximate surface area is 129 Å². The summed E-state index contributed by atoms with van der Waals surface area (Å²) in [6, 6.07) is 15.1. The number of carbonyl (C=O) groups is 1. The highest BCUT2D eigenvalue weighted by atomic mass is 35.5. The largest absolute Gasteiger partial charge is 0.380 e. The van der Waals surface area contributed by atoms with Crippen LogP contribution in [0.5, 0.6) is 0 Å². The number of rotatable bonds is 6. The highest BCUT2D eigenvalue weighted by Gasteiger charge is 2.05. The summed E-state index contributed by atoms with van der Waals surface area (Å²) in [5, 5.41) is 3.64. The van der Waals surface area contributed by atoms with Crippen LogP contribution in [-0.4, -0.2) is 19.6 Å². The second-order valence-corrected chi connectivity index (χ2v) is 5.20. The third-order valence-electron chi connectivity index (χ3n) is 3.11. The molecule has 2 aromatic rings. The van der Waals surface area contributed by atoms with Crippen LogP contribution in [0.15, 0.2) is 48.5 Å². The highest BCUT2D eigenvalue weighted by molar-refractivity contribution is 6.30. The molecular formula is C17H18ClNO2. The molecule has 0 bridgehead atoms. The SMILES string of the molecule is COCc1cccc(C(=O)NCCc2ccc(Cl)cc2)c1. The minimum absolute atomic E-state index is 0.0677. The summed E-state index contributed by atoms with van der Waals surface area (Å²) in [5.41, 5.74) is 2.79. The molecule has 21 heavy (non-hydrogen) atoms. The first-order valence-electron chi connectivity index (χ1n) is 6.79. The van der Waals surface area contributed by atoms with Crippen LogP contribution in [0.1, 0.15) is 21.5 Å². The molecule has 1 amide bonds. The molecule has 110 valence electrons. The second kappa shape index (κ2) is 7.81. The normalized spacial score (nSPS) is 10.4. The molecule has 0 atom stereocenters. The molecule has 0 saturated heterocycles. The van der Waals surface area contributed by atoms with Gasteiger partial charge in [-0.1, -0.05) is 35.9 Å². The van der Waals surface area contributed by atoms with Gasteiger partial charge in [0, 0.05) is 24.2 Å². The maximum atomic E-state index is 12.1. The Morgan fingerprint density at radius 3 is 2.62 bits per heavy atom. The van der Waals surface area contributed by atoms with Crippen molar-refractivity contribution >= 4 is 17.5 Å². The van der Waals surface area contributed by atoms with Crippen LogP contribution < -0.4 is 5.32 Å². The number of ether oxygens (including phenoxy) is 1. The van der Waals surface area contributed by atoms with Gasteiger partial charge in [-0.05, 0) is 41.8 Å². The zero-order valence-electron chi connectivity index (χ0n) is 11.9. The second-order valence-electron chi connectivity index (χ2n) is 4.77. The molecule has 0 aliphatic heterocycles. The summed E-state index contributed by atoms with van der Waals surface area (Å²) in [5.74, 6) is -0.0677. The number of carbonyl (C=O) groups excluding carboxylic acids is 1. The van der Waals surface area contributed by atoms with E-state index in [9.17, 15) is 4.79 Å². The Kier molecular flexibility index (Phi) is 5.78. The molecule has 2 rings (SSSR count). The van der Waals surface area contributed by atoms with Crippen LogP contribution in [-0.2, 0) is 17.8 Å². The van der Waals surface area contributed by atoms with E-state index in [1.54, 1.807) is 13.2 Å². The molecule has 0 saturated carbocycles. The van der Waals surface area contributed by atoms with E-state index in [2.05, 4.69) is 5.32 Å². The van der Waals surface area contributed by atoms with Crippen molar-refractivity contribution in [3.05, 3.63) is 70.2 Å². The van der Waals surface area contributed by atoms with Crippen molar-refractivity contribution in [2.24, 2.45) is 0 Å². The molecule has 2 aromatic carbocycles. The molecule has 0 aliphatic rings. The van der Waals surface area contributed by atoms with Crippen molar-refractivity contribution in [1.29, 1.82) is 0 Å². The van der Waals surface area contributed by atoms with Gasteiger partial charge in [-0.2, -0.15) is 0 Å². The van der Waals surface area contributed by atoms with E-state index in [0.717, 1.165) is 22.6 Å². The molecule has 3 nitrogen and oxygen atoms in total. The van der Waals surface area contributed by atoms with E-state index in [-0.39, 0.29) is 5.91 Å². The van der Waals surface area contributed by atoms with Gasteiger partial charge in [0.2, 0.25) is 0 Å². The van der Waals surface area contributed by atoms with Gasteiger partial charge in [-0.15, -0.1) is 0 Å². The monoisotopic (exact) mass is 303 g/mol. The quantitative estimate of drug-likeness (QED) is 0.887. The molecule has 4 heteroatoms. The maximum Gasteiger partial charge on any atom is 0.251 e. The lowest BCUT2D eigenvalue weighted by Gasteiger charge is -2.07. The average Bonchev–Trinajstić information content (AvgIpc) is 2.50. The first kappa shape index (κ1) is 15.5. The number of methoxy groups -OCH3 is 1. The van der Waals surface area contributed by atoms with Gasteiger partial charge in [0.1, 0.15) is 0 Å². The van der Waals surface area contributed by atoms with Crippen LogP contribution in [0.25, 0.3) is 0 Å². The third kappa shape index (κ3) is 4.88. The van der Waals surface area contributed by atoms with Crippen molar-refractivity contribution in [2.75, 3.05) is 13.7 Å². The summed E-state index contributed by atoms with van der Waals surface area (Å²) >= 11 is 5.84. The minimum Gasteiger partial charge on any atom is -0.380 e. The topological polar surface area (TPSA) is 38.3 Å². The number of hydrogen-bond acceptors (Lipinski definition) is 2. The zero-order valence-corrected chi connectivity index (χ0v) is 12.7. The fourth-order valence-corrected chi connectivity index (χ4v) is 2.17. The lowest BCUT2D eigenvalue weighted by Crippen LogP contribution is -2.25. The summed E-state index contributed by atoms with van der Waals surface area (Å²) in [6.07, 6.45) is 0.778. The Morgan fingerprint density at radius 1 is 1.14 bits per heavy atom. The van der Waals surface area contributed by atoms with Crippen molar-refractivity contribution in [3.63, 3.8) is 0 Å². The number of amides is 1. The van der Waals surface area contributed by atoms with Crippen molar-refractivity contribution in [2.45, 2.75) is 13.0 Å². The number of benzene rings is 2. The van der Waals surface area contributed by atoms with Crippen LogP contribution >= 0.6 is 11.6 Å². The Bertz CT molecular complexity index is 596. The molecule has 0 aromatic heterocycles. The molecule has 0 fully saturated rings. The van der Waals surface area contributed by atoms with E-state index in [1.165, 1.54) is 0 Å². The minimum atomic E-state index is -0.0677. The molecule has 1 N–H and O–H groups in total. The molecule has 0 unspecified atom stereocenters. The van der Waals surface area contributed by atoms with E-state index in [0.29, 0.717) is 18.7 Å². The van der Waals surface area contributed by atoms with Gasteiger partial charge in [-0.25, -0.2) is 0 Å². The third-order valence-corrected chi connectivity index (χ3v) is 3.36. The van der Waals surface area contributed by atoms with Gasteiger partial charge in [0.25, 0.3) is 5.91 Å². The molecule has 0 heterocycles. The van der Waals surface area contributed by atoms with Gasteiger partial charge in [0.15, 0.2) is 0 Å². The van der Waals surface area contributed by atoms with Gasteiger partial charge in [0.05, 0.1) is 6.61 Å². The average molecular weight is 304 g/mol. The van der Waals surface area contributed by atoms with Crippen LogP contribution in [0.4, 0.5) is 0 Å². The summed E-state index contributed by atoms with van der Waals surface area (Å²) < 4.78 is 5.07. The standard InChI is InChI=1S/C17H18ClNO2/c1-21-12-14-3-2-4-15(11-14)17(20)19-10-9-13-5-7-16(18)8-6-13/h2-8,11H,9-10,12H2,1H3,(H,19,20). The van der Waals surface area contributed by atoms with E-state index >= 15 is 0 Å². The van der Waals surface area contributed by atoms with Gasteiger partial charge in [-0.3, -0.25) is 4.79 Å².